The molecule has 18 nitrogen and oxygen atoms in total. The van der Waals surface area contributed by atoms with Crippen LogP contribution in [-0.4, -0.2) is 123 Å². The Labute approximate surface area is 426 Å². The second kappa shape index (κ2) is 24.3. The molecular weight excluding hydrogens is 925 g/mol. The number of hydrogen-bond acceptors (Lipinski definition) is 11. The van der Waals surface area contributed by atoms with Crippen LogP contribution in [0, 0.1) is 0 Å². The fraction of sp³-hybridized carbons (Fsp3) is 0.509. The van der Waals surface area contributed by atoms with Crippen molar-refractivity contribution >= 4 is 67.6 Å². The predicted octanol–water partition coefficient (Wildman–Crippen LogP) is 10.5. The fourth-order valence-electron chi connectivity index (χ4n) is 9.34. The van der Waals surface area contributed by atoms with Gasteiger partial charge in [-0.2, -0.15) is 25.1 Å². The molecule has 0 spiro atoms. The molecule has 2 aromatic carbocycles. The number of carbonyl (C=O) groups excluding carboxylic acids is 2. The maximum atomic E-state index is 12.7. The van der Waals surface area contributed by atoms with Crippen LogP contribution in [0.4, 0.5) is 9.59 Å². The predicted molar refractivity (Wildman–Crippen MR) is 290 cm³/mol. The number of benzene rings is 2. The van der Waals surface area contributed by atoms with E-state index in [4.69, 9.17) is 9.47 Å². The van der Waals surface area contributed by atoms with E-state index < -0.39 is 23.4 Å². The number of unbranched alkanes of at least 4 members (excludes halogenated alkanes) is 4. The van der Waals surface area contributed by atoms with Crippen molar-refractivity contribution in [3.8, 4) is 0 Å². The zero-order chi connectivity index (χ0) is 52.3. The highest BCUT2D eigenvalue weighted by Crippen LogP contribution is 2.28. The number of hydrogen-bond donors (Lipinski definition) is 2. The van der Waals surface area contributed by atoms with E-state index in [-0.39, 0.29) is 23.5 Å². The quantitative estimate of drug-likeness (QED) is 0.0670. The van der Waals surface area contributed by atoms with Crippen LogP contribution in [0.2, 0.25) is 0 Å². The van der Waals surface area contributed by atoms with Crippen molar-refractivity contribution in [2.45, 2.75) is 143 Å². The first-order valence-corrected chi connectivity index (χ1v) is 25.8. The van der Waals surface area contributed by atoms with Gasteiger partial charge in [0.15, 0.2) is 0 Å². The Bertz CT molecular complexity index is 3150. The SMILES string of the molecule is CC(=NC(=O)OC(C)(C)C)n1cccn1.CC(CCCCCN1CCC(n2cc3c(nc2=O)[nH]c2ccccc23)C1)=NC(=O)OC(C)(C)C.CCCCCN1CCC(n2cc3c(nc2=O)[nH]c2ccccc23)C1. The number of rotatable bonds is 12. The monoisotopic (exact) mass is 999 g/mol. The minimum Gasteiger partial charge on any atom is -0.442 e. The summed E-state index contributed by atoms with van der Waals surface area (Å²) in [5.74, 6) is 0.481. The summed E-state index contributed by atoms with van der Waals surface area (Å²) in [6.07, 6.45) is 15.9. The van der Waals surface area contributed by atoms with Gasteiger partial charge in [0.05, 0.1) is 12.1 Å². The summed E-state index contributed by atoms with van der Waals surface area (Å²) in [4.78, 5) is 76.1. The molecule has 2 amide bonds. The zero-order valence-corrected chi connectivity index (χ0v) is 44.2. The summed E-state index contributed by atoms with van der Waals surface area (Å²) in [7, 11) is 0. The van der Waals surface area contributed by atoms with Gasteiger partial charge in [-0.1, -0.05) is 62.6 Å². The molecule has 7 aromatic rings. The van der Waals surface area contributed by atoms with Crippen molar-refractivity contribution in [2.75, 3.05) is 39.3 Å². The lowest BCUT2D eigenvalue weighted by atomic mass is 10.1. The van der Waals surface area contributed by atoms with Gasteiger partial charge in [0.2, 0.25) is 0 Å². The lowest BCUT2D eigenvalue weighted by molar-refractivity contribution is 0.0592. The Balaban J connectivity index is 0.000000174. The summed E-state index contributed by atoms with van der Waals surface area (Å²) in [5.41, 5.74) is 2.82. The number of fused-ring (bicyclic) bond motifs is 6. The molecule has 0 radical (unpaired) electrons. The van der Waals surface area contributed by atoms with Crippen molar-refractivity contribution in [1.29, 1.82) is 0 Å². The lowest BCUT2D eigenvalue weighted by Gasteiger charge is -2.17. The molecular formula is C55H74N12O6. The van der Waals surface area contributed by atoms with Crippen LogP contribution >= 0.6 is 0 Å². The van der Waals surface area contributed by atoms with Crippen molar-refractivity contribution in [1.82, 2.24) is 48.7 Å². The Hall–Kier alpha value is -6.79. The van der Waals surface area contributed by atoms with Gasteiger partial charge < -0.3 is 29.2 Å². The van der Waals surface area contributed by atoms with E-state index in [9.17, 15) is 19.2 Å². The van der Waals surface area contributed by atoms with Gasteiger partial charge >= 0.3 is 23.6 Å². The molecule has 2 fully saturated rings. The van der Waals surface area contributed by atoms with Gasteiger partial charge in [0.1, 0.15) is 28.3 Å². The number of likely N-dealkylation sites (tertiary alicyclic amines) is 2. The van der Waals surface area contributed by atoms with Crippen LogP contribution < -0.4 is 11.4 Å². The Morgan fingerprint density at radius 2 is 1.15 bits per heavy atom. The van der Waals surface area contributed by atoms with Crippen LogP contribution in [-0.2, 0) is 9.47 Å². The third-order valence-electron chi connectivity index (χ3n) is 12.9. The van der Waals surface area contributed by atoms with Crippen LogP contribution in [0.5, 0.6) is 0 Å². The lowest BCUT2D eigenvalue weighted by Crippen LogP contribution is -2.29. The number of amides is 2. The number of aromatic nitrogens is 8. The summed E-state index contributed by atoms with van der Waals surface area (Å²) < 4.78 is 15.4. The highest BCUT2D eigenvalue weighted by Gasteiger charge is 2.27. The van der Waals surface area contributed by atoms with Gasteiger partial charge in [0.25, 0.3) is 0 Å². The number of nitrogens with zero attached hydrogens (tertiary/aromatic N) is 10. The number of ether oxygens (including phenoxy) is 2. The molecule has 0 saturated carbocycles. The van der Waals surface area contributed by atoms with E-state index >= 15 is 0 Å². The molecule has 2 saturated heterocycles. The smallest absolute Gasteiger partial charge is 0.435 e. The molecule has 7 heterocycles. The number of aromatic amines is 2. The van der Waals surface area contributed by atoms with Gasteiger partial charge in [0, 0.05) is 89.3 Å². The summed E-state index contributed by atoms with van der Waals surface area (Å²) in [6, 6.07) is 18.3. The Kier molecular flexibility index (Phi) is 18.0. The van der Waals surface area contributed by atoms with Crippen molar-refractivity contribution in [2.24, 2.45) is 9.98 Å². The first kappa shape index (κ1) is 54.0. The minimum atomic E-state index is -0.601. The number of H-pyrrole nitrogens is 2. The molecule has 2 N–H and O–H groups in total. The second-order valence-electron chi connectivity index (χ2n) is 21.1. The first-order chi connectivity index (χ1) is 34.8. The molecule has 2 aliphatic rings. The third kappa shape index (κ3) is 15.1. The molecule has 0 aliphatic carbocycles. The average Bonchev–Trinajstić information content (AvgIpc) is 4.18. The topological polar surface area (TPSA) is 203 Å². The molecule has 2 unspecified atom stereocenters. The van der Waals surface area contributed by atoms with Crippen LogP contribution in [0.3, 0.4) is 0 Å². The van der Waals surface area contributed by atoms with Crippen molar-refractivity contribution in [3.63, 3.8) is 0 Å². The molecule has 9 rings (SSSR count). The fourth-order valence-corrected chi connectivity index (χ4v) is 9.34. The van der Waals surface area contributed by atoms with Crippen LogP contribution in [0.1, 0.15) is 132 Å². The van der Waals surface area contributed by atoms with Gasteiger partial charge in [-0.3, -0.25) is 9.13 Å². The van der Waals surface area contributed by atoms with Crippen LogP contribution in [0.15, 0.2) is 99.0 Å². The van der Waals surface area contributed by atoms with E-state index in [0.717, 1.165) is 116 Å². The van der Waals surface area contributed by atoms with Crippen molar-refractivity contribution < 1.29 is 19.1 Å². The van der Waals surface area contributed by atoms with E-state index in [1.807, 2.05) is 85.6 Å². The molecule has 2 atom stereocenters. The number of carbonyl (C=O) groups is 2. The molecule has 2 aliphatic heterocycles. The van der Waals surface area contributed by atoms with Gasteiger partial charge in [-0.15, -0.1) is 0 Å². The number of aliphatic imine (C=N–C) groups is 2. The van der Waals surface area contributed by atoms with E-state index in [1.54, 1.807) is 46.2 Å². The second-order valence-corrected chi connectivity index (χ2v) is 21.1. The minimum absolute atomic E-state index is 0.144. The Morgan fingerprint density at radius 1 is 0.658 bits per heavy atom. The Morgan fingerprint density at radius 3 is 1.63 bits per heavy atom. The molecule has 0 bridgehead atoms. The maximum absolute atomic E-state index is 12.7. The highest BCUT2D eigenvalue weighted by atomic mass is 16.6. The number of para-hydroxylation sites is 2. The average molecular weight is 999 g/mol. The molecule has 73 heavy (non-hydrogen) atoms. The highest BCUT2D eigenvalue weighted by molar-refractivity contribution is 6.06. The number of nitrogens with one attached hydrogen (secondary N) is 2. The summed E-state index contributed by atoms with van der Waals surface area (Å²) in [6.45, 7) is 22.7. The standard InChI is InChI=1S/C26H35N5O3.C19H24N4O.C10H15N3O2/c1-18(27-25(33)34-26(2,3)4)10-6-5-9-14-30-15-13-19(16-30)31-17-21-20-11-7-8-12-22(20)28-23(21)29-24(31)32;1-2-3-6-10-22-11-9-14(12-22)23-13-16-15-7-4-5-8-17(15)20-18(16)21-19(23)24;1-8(13-7-5-6-11-13)12-9(14)15-10(2,3)4/h7-8,11-12,17,19H,5-6,9-10,13-16H2,1-4H3,(H,28,29,32);4-5,7-8,13-14H,2-3,6,9-12H2,1H3,(H,20,21,24);5-7H,1-4H3. The van der Waals surface area contributed by atoms with E-state index in [1.165, 1.54) is 23.9 Å². The summed E-state index contributed by atoms with van der Waals surface area (Å²) >= 11 is 0. The first-order valence-electron chi connectivity index (χ1n) is 25.8. The largest absolute Gasteiger partial charge is 0.442 e. The van der Waals surface area contributed by atoms with Crippen molar-refractivity contribution in [3.05, 3.63) is 100 Å². The molecule has 390 valence electrons. The molecule has 5 aromatic heterocycles. The van der Waals surface area contributed by atoms with E-state index in [0.29, 0.717) is 17.1 Å². The zero-order valence-electron chi connectivity index (χ0n) is 44.2. The van der Waals surface area contributed by atoms with E-state index in [2.05, 4.69) is 63.9 Å². The normalized spacial score (nSPS) is 17.0. The van der Waals surface area contributed by atoms with Crippen LogP contribution in [0.25, 0.3) is 43.9 Å². The third-order valence-corrected chi connectivity index (χ3v) is 12.9. The summed E-state index contributed by atoms with van der Waals surface area (Å²) in [5, 5.41) is 8.21. The maximum Gasteiger partial charge on any atom is 0.435 e. The molecule has 18 heteroatoms. The van der Waals surface area contributed by atoms with Gasteiger partial charge in [-0.05, 0) is 125 Å². The van der Waals surface area contributed by atoms with Gasteiger partial charge in [-0.25, -0.2) is 23.9 Å².